The summed E-state index contributed by atoms with van der Waals surface area (Å²) in [5.41, 5.74) is 2.34. The molecule has 0 spiro atoms. The Hall–Kier alpha value is -3.07. The van der Waals surface area contributed by atoms with Crippen molar-refractivity contribution in [3.8, 4) is 11.4 Å². The second-order valence-corrected chi connectivity index (χ2v) is 8.13. The number of carbonyl (C=O) groups is 1. The average molecular weight is 393 g/mol. The van der Waals surface area contributed by atoms with Crippen LogP contribution < -0.4 is 4.90 Å². The number of likely N-dealkylation sites (N-methyl/N-ethyl adjacent to an activating group) is 1. The monoisotopic (exact) mass is 393 g/mol. The van der Waals surface area contributed by atoms with Crippen molar-refractivity contribution in [2.45, 2.75) is 38.3 Å². The van der Waals surface area contributed by atoms with Crippen molar-refractivity contribution in [1.29, 1.82) is 0 Å². The molecule has 0 bridgehead atoms. The van der Waals surface area contributed by atoms with Crippen LogP contribution in [0.1, 0.15) is 37.7 Å². The number of amides is 1. The lowest BCUT2D eigenvalue weighted by atomic mass is 9.85. The van der Waals surface area contributed by atoms with Crippen LogP contribution in [0, 0.1) is 0 Å². The van der Waals surface area contributed by atoms with E-state index in [0.29, 0.717) is 19.0 Å². The number of carbonyl (C=O) groups excluding carboxylic acids is 1. The van der Waals surface area contributed by atoms with Crippen LogP contribution in [0.25, 0.3) is 11.4 Å². The van der Waals surface area contributed by atoms with Crippen LogP contribution in [0.15, 0.2) is 30.9 Å². The highest BCUT2D eigenvalue weighted by molar-refractivity contribution is 6.07. The molecule has 0 aliphatic carbocycles. The lowest BCUT2D eigenvalue weighted by molar-refractivity contribution is -0.121. The van der Waals surface area contributed by atoms with Crippen molar-refractivity contribution < 1.29 is 9.53 Å². The number of aromatic nitrogens is 6. The second-order valence-electron chi connectivity index (χ2n) is 8.13. The van der Waals surface area contributed by atoms with Gasteiger partial charge in [0, 0.05) is 24.9 Å². The minimum Gasteiger partial charge on any atom is -0.379 e. The summed E-state index contributed by atoms with van der Waals surface area (Å²) in [4.78, 5) is 23.2. The maximum absolute atomic E-state index is 12.7. The fourth-order valence-electron chi connectivity index (χ4n) is 4.17. The Kier molecular flexibility index (Phi) is 4.02. The zero-order valence-corrected chi connectivity index (χ0v) is 16.7. The minimum atomic E-state index is -0.565. The van der Waals surface area contributed by atoms with Crippen LogP contribution >= 0.6 is 0 Å². The molecule has 0 saturated carbocycles. The van der Waals surface area contributed by atoms with Crippen LogP contribution in [-0.2, 0) is 21.5 Å². The summed E-state index contributed by atoms with van der Waals surface area (Å²) in [5, 5.41) is 8.92. The number of ether oxygens (including phenoxy) is 1. The maximum atomic E-state index is 12.7. The third-order valence-corrected chi connectivity index (χ3v) is 5.83. The van der Waals surface area contributed by atoms with E-state index in [1.807, 2.05) is 37.7 Å². The molecule has 1 atom stereocenters. The van der Waals surface area contributed by atoms with Crippen LogP contribution in [0.2, 0.25) is 0 Å². The first-order chi connectivity index (χ1) is 13.9. The van der Waals surface area contributed by atoms with Gasteiger partial charge in [-0.25, -0.2) is 19.3 Å². The van der Waals surface area contributed by atoms with E-state index in [9.17, 15) is 4.79 Å². The Morgan fingerprint density at radius 3 is 2.90 bits per heavy atom. The summed E-state index contributed by atoms with van der Waals surface area (Å²) in [6.07, 6.45) is 4.05. The van der Waals surface area contributed by atoms with Crippen molar-refractivity contribution in [3.63, 3.8) is 0 Å². The number of hydrogen-bond donors (Lipinski definition) is 0. The number of benzene rings is 1. The first-order valence-corrected chi connectivity index (χ1v) is 9.74. The van der Waals surface area contributed by atoms with E-state index in [1.165, 1.54) is 6.33 Å². The molecule has 2 aliphatic heterocycles. The first kappa shape index (κ1) is 18.0. The Balaban J connectivity index is 1.59. The van der Waals surface area contributed by atoms with Crippen LogP contribution in [0.5, 0.6) is 0 Å². The summed E-state index contributed by atoms with van der Waals surface area (Å²) in [6, 6.07) is 6.23. The van der Waals surface area contributed by atoms with Gasteiger partial charge in [-0.2, -0.15) is 10.2 Å². The summed E-state index contributed by atoms with van der Waals surface area (Å²) >= 11 is 0. The van der Waals surface area contributed by atoms with Crippen molar-refractivity contribution in [1.82, 2.24) is 29.5 Å². The van der Waals surface area contributed by atoms with Gasteiger partial charge in [-0.05, 0) is 44.0 Å². The van der Waals surface area contributed by atoms with E-state index < -0.39 is 5.41 Å². The molecule has 3 aromatic rings. The Bertz CT molecular complexity index is 1060. The average Bonchev–Trinajstić information content (AvgIpc) is 3.49. The largest absolute Gasteiger partial charge is 0.379 e. The molecule has 29 heavy (non-hydrogen) atoms. The smallest absolute Gasteiger partial charge is 0.236 e. The van der Waals surface area contributed by atoms with Gasteiger partial charge in [0.25, 0.3) is 0 Å². The van der Waals surface area contributed by atoms with Gasteiger partial charge in [0.2, 0.25) is 5.91 Å². The molecule has 0 N–H and O–H groups in total. The SMILES string of the molecule is CN1C(=O)C(C)(C)c2cc(-c3nc(Cn4cncn4)nn3C3CCOC3)ccc21. The molecule has 9 nitrogen and oxygen atoms in total. The standard InChI is InChI=1S/C20H23N7O2/c1-20(2)15-8-13(4-5-16(15)25(3)19(20)28)18-23-17(9-26-12-21-11-22-26)24-27(18)14-6-7-29-10-14/h4-5,8,11-12,14H,6-7,9-10H2,1-3H3. The number of nitrogens with zero attached hydrogens (tertiary/aromatic N) is 7. The zero-order chi connectivity index (χ0) is 20.2. The Morgan fingerprint density at radius 1 is 1.31 bits per heavy atom. The maximum Gasteiger partial charge on any atom is 0.236 e. The molecular formula is C20H23N7O2. The molecule has 0 radical (unpaired) electrons. The highest BCUT2D eigenvalue weighted by Crippen LogP contribution is 2.42. The lowest BCUT2D eigenvalue weighted by Crippen LogP contribution is -2.33. The van der Waals surface area contributed by atoms with Crippen molar-refractivity contribution in [2.24, 2.45) is 0 Å². The molecule has 2 aromatic heterocycles. The molecule has 1 saturated heterocycles. The Morgan fingerprint density at radius 2 is 2.17 bits per heavy atom. The fraction of sp³-hybridized carbons (Fsp3) is 0.450. The summed E-state index contributed by atoms with van der Waals surface area (Å²) < 4.78 is 9.25. The quantitative estimate of drug-likeness (QED) is 0.671. The van der Waals surface area contributed by atoms with E-state index in [2.05, 4.69) is 16.1 Å². The first-order valence-electron chi connectivity index (χ1n) is 9.74. The van der Waals surface area contributed by atoms with Crippen LogP contribution in [-0.4, -0.2) is 55.7 Å². The summed E-state index contributed by atoms with van der Waals surface area (Å²) in [7, 11) is 1.82. The predicted molar refractivity (Wildman–Crippen MR) is 105 cm³/mol. The number of rotatable bonds is 4. The third-order valence-electron chi connectivity index (χ3n) is 5.83. The van der Waals surface area contributed by atoms with Gasteiger partial charge in [-0.1, -0.05) is 0 Å². The molecule has 150 valence electrons. The van der Waals surface area contributed by atoms with E-state index >= 15 is 0 Å². The van der Waals surface area contributed by atoms with Gasteiger partial charge in [0.1, 0.15) is 19.2 Å². The number of hydrogen-bond acceptors (Lipinski definition) is 6. The van der Waals surface area contributed by atoms with Gasteiger partial charge < -0.3 is 9.64 Å². The number of fused-ring (bicyclic) bond motifs is 1. The highest BCUT2D eigenvalue weighted by Gasteiger charge is 2.42. The van der Waals surface area contributed by atoms with E-state index in [-0.39, 0.29) is 11.9 Å². The predicted octanol–water partition coefficient (Wildman–Crippen LogP) is 1.80. The highest BCUT2D eigenvalue weighted by atomic mass is 16.5. The van der Waals surface area contributed by atoms with Crippen LogP contribution in [0.4, 0.5) is 5.69 Å². The Labute approximate surface area is 168 Å². The molecule has 9 heteroatoms. The van der Waals surface area contributed by atoms with E-state index in [4.69, 9.17) is 14.8 Å². The fourth-order valence-corrected chi connectivity index (χ4v) is 4.17. The molecule has 2 aliphatic rings. The third kappa shape index (κ3) is 2.84. The number of anilines is 1. The molecule has 1 fully saturated rings. The van der Waals surface area contributed by atoms with Gasteiger partial charge in [-0.15, -0.1) is 0 Å². The molecule has 4 heterocycles. The van der Waals surface area contributed by atoms with Crippen LogP contribution in [0.3, 0.4) is 0 Å². The molecule has 1 unspecified atom stereocenters. The van der Waals surface area contributed by atoms with Crippen molar-refractivity contribution >= 4 is 11.6 Å². The zero-order valence-electron chi connectivity index (χ0n) is 16.7. The van der Waals surface area contributed by atoms with Gasteiger partial charge in [0.15, 0.2) is 11.6 Å². The van der Waals surface area contributed by atoms with E-state index in [0.717, 1.165) is 35.7 Å². The topological polar surface area (TPSA) is 91.0 Å². The lowest BCUT2D eigenvalue weighted by Gasteiger charge is -2.17. The normalized spacial score (nSPS) is 20.4. The molecule has 5 rings (SSSR count). The van der Waals surface area contributed by atoms with Crippen molar-refractivity contribution in [2.75, 3.05) is 25.2 Å². The molecular weight excluding hydrogens is 370 g/mol. The second kappa shape index (κ2) is 6.48. The van der Waals surface area contributed by atoms with Gasteiger partial charge >= 0.3 is 0 Å². The minimum absolute atomic E-state index is 0.0992. The van der Waals surface area contributed by atoms with Crippen molar-refractivity contribution in [3.05, 3.63) is 42.2 Å². The van der Waals surface area contributed by atoms with Gasteiger partial charge in [0.05, 0.1) is 18.1 Å². The summed E-state index contributed by atoms with van der Waals surface area (Å²) in [5.74, 6) is 1.56. The summed E-state index contributed by atoms with van der Waals surface area (Å²) in [6.45, 7) is 5.72. The van der Waals surface area contributed by atoms with Gasteiger partial charge in [-0.3, -0.25) is 4.79 Å². The molecule has 1 amide bonds. The van der Waals surface area contributed by atoms with E-state index in [1.54, 1.807) is 15.9 Å². The molecule has 1 aromatic carbocycles.